The monoisotopic (exact) mass is 848 g/mol. The number of aliphatic imine (C=N–C) groups is 1. The molecule has 322 valence electrons. The van der Waals surface area contributed by atoms with E-state index in [0.29, 0.717) is 17.5 Å². The number of hydrogen-bond acceptors (Lipinski definition) is 9. The summed E-state index contributed by atoms with van der Waals surface area (Å²) in [4.78, 5) is 45.0. The van der Waals surface area contributed by atoms with Gasteiger partial charge in [0.2, 0.25) is 11.9 Å². The molecule has 0 bridgehead atoms. The lowest BCUT2D eigenvalue weighted by Gasteiger charge is -2.35. The molecule has 0 aromatic heterocycles. The van der Waals surface area contributed by atoms with E-state index in [4.69, 9.17) is 19.9 Å². The Morgan fingerprint density at radius 2 is 1.57 bits per heavy atom. The SMILES string of the molecule is C=CC[C@H](NC(=O)[C@@H](CCCN=C(N)NS(=O)(=O)c1c(C)c(C)c2c(c1C)CCC(C)(C)O2)CC(=O)OCC1c2ccccc2-c2ccccc21)C(=O)OCc1ccccc1. The minimum atomic E-state index is -4.13. The van der Waals surface area contributed by atoms with Crippen LogP contribution in [0.2, 0.25) is 0 Å². The summed E-state index contributed by atoms with van der Waals surface area (Å²) in [5.74, 6) is -2.44. The topological polar surface area (TPSA) is 175 Å². The van der Waals surface area contributed by atoms with Gasteiger partial charge in [-0.2, -0.15) is 0 Å². The van der Waals surface area contributed by atoms with Gasteiger partial charge < -0.3 is 25.3 Å². The van der Waals surface area contributed by atoms with Gasteiger partial charge >= 0.3 is 11.9 Å². The first-order valence-corrected chi connectivity index (χ1v) is 22.2. The fourth-order valence-corrected chi connectivity index (χ4v) is 9.73. The lowest BCUT2D eigenvalue weighted by molar-refractivity contribution is -0.150. The molecule has 1 amide bonds. The average molecular weight is 849 g/mol. The van der Waals surface area contributed by atoms with Crippen LogP contribution < -0.4 is 20.5 Å². The van der Waals surface area contributed by atoms with Crippen molar-refractivity contribution in [2.75, 3.05) is 13.2 Å². The smallest absolute Gasteiger partial charge is 0.329 e. The molecule has 1 aliphatic heterocycles. The van der Waals surface area contributed by atoms with Crippen LogP contribution in [-0.2, 0) is 46.9 Å². The third-order valence-corrected chi connectivity index (χ3v) is 13.2. The van der Waals surface area contributed by atoms with Crippen molar-refractivity contribution in [1.29, 1.82) is 0 Å². The molecule has 2 atom stereocenters. The molecule has 13 heteroatoms. The number of sulfonamides is 1. The first kappa shape index (κ1) is 44.6. The number of benzene rings is 4. The van der Waals surface area contributed by atoms with Crippen molar-refractivity contribution in [2.24, 2.45) is 16.6 Å². The molecular formula is C48H56N4O8S. The lowest BCUT2D eigenvalue weighted by Crippen LogP contribution is -2.44. The second-order valence-corrected chi connectivity index (χ2v) is 18.0. The van der Waals surface area contributed by atoms with Crippen molar-refractivity contribution >= 4 is 33.8 Å². The number of carbonyl (C=O) groups is 3. The Bertz CT molecular complexity index is 2380. The van der Waals surface area contributed by atoms with Gasteiger partial charge in [0.1, 0.15) is 30.6 Å². The van der Waals surface area contributed by atoms with Gasteiger partial charge in [-0.3, -0.25) is 14.6 Å². The normalized spacial score (nSPS) is 15.3. The highest BCUT2D eigenvalue weighted by Gasteiger charge is 2.35. The molecule has 12 nitrogen and oxygen atoms in total. The maximum absolute atomic E-state index is 13.9. The summed E-state index contributed by atoms with van der Waals surface area (Å²) in [6.07, 6.45) is 3.17. The predicted octanol–water partition coefficient (Wildman–Crippen LogP) is 7.25. The molecule has 2 aliphatic rings. The number of carbonyl (C=O) groups excluding carboxylic acids is 3. The number of nitrogens with one attached hydrogen (secondary N) is 2. The summed E-state index contributed by atoms with van der Waals surface area (Å²) in [5.41, 5.74) is 13.7. The third-order valence-electron chi connectivity index (χ3n) is 11.6. The first-order chi connectivity index (χ1) is 29.1. The summed E-state index contributed by atoms with van der Waals surface area (Å²) < 4.78 is 47.6. The first-order valence-electron chi connectivity index (χ1n) is 20.7. The number of fused-ring (bicyclic) bond motifs is 4. The van der Waals surface area contributed by atoms with Crippen LogP contribution in [-0.4, -0.2) is 57.0 Å². The van der Waals surface area contributed by atoms with E-state index >= 15 is 0 Å². The number of guanidine groups is 1. The molecule has 1 aliphatic carbocycles. The Kier molecular flexibility index (Phi) is 14.0. The Morgan fingerprint density at radius 1 is 0.934 bits per heavy atom. The van der Waals surface area contributed by atoms with Crippen LogP contribution in [0.1, 0.15) is 90.8 Å². The highest BCUT2D eigenvalue weighted by atomic mass is 32.2. The van der Waals surface area contributed by atoms with Crippen molar-refractivity contribution in [3.05, 3.63) is 130 Å². The molecular weight excluding hydrogens is 793 g/mol. The molecule has 0 fully saturated rings. The van der Waals surface area contributed by atoms with Crippen LogP contribution in [0, 0.1) is 26.7 Å². The zero-order chi connectivity index (χ0) is 43.9. The van der Waals surface area contributed by atoms with Gasteiger partial charge in [0.25, 0.3) is 10.0 Å². The molecule has 4 aromatic carbocycles. The van der Waals surface area contributed by atoms with Gasteiger partial charge in [0, 0.05) is 18.4 Å². The summed E-state index contributed by atoms with van der Waals surface area (Å²) in [6.45, 7) is 13.3. The van der Waals surface area contributed by atoms with E-state index in [1.807, 2.05) is 99.6 Å². The standard InChI is InChI=1S/C48H56N4O8S/c1-7-16-41(46(55)59-28-33-17-9-8-10-18-33)51-45(54)34(27-42(53)58-29-40-38-22-13-11-20-36(38)37-21-12-14-23-39(37)40)19-15-26-50-47(49)52-61(56,57)44-31(3)30(2)43-35(32(44)4)24-25-48(5,6)60-43/h7-14,17-18,20-23,34,40-41H,1,15-16,19,24-29H2,2-6H3,(H,51,54)(H3,49,50,52)/t34-,41-/m0/s1. The number of nitrogens with zero attached hydrogens (tertiary/aromatic N) is 1. The molecule has 4 aromatic rings. The van der Waals surface area contributed by atoms with Crippen molar-refractivity contribution < 1.29 is 37.0 Å². The second-order valence-electron chi connectivity index (χ2n) is 16.4. The third kappa shape index (κ3) is 10.5. The van der Waals surface area contributed by atoms with Gasteiger partial charge in [-0.05, 0) is 117 Å². The molecule has 0 saturated carbocycles. The zero-order valence-electron chi connectivity index (χ0n) is 35.6. The summed E-state index contributed by atoms with van der Waals surface area (Å²) in [7, 11) is -4.13. The molecule has 0 saturated heterocycles. The van der Waals surface area contributed by atoms with Crippen LogP contribution in [0.3, 0.4) is 0 Å². The van der Waals surface area contributed by atoms with E-state index in [1.165, 1.54) is 6.08 Å². The highest BCUT2D eigenvalue weighted by Crippen LogP contribution is 2.45. The number of ether oxygens (including phenoxy) is 3. The van der Waals surface area contributed by atoms with Crippen LogP contribution in [0.5, 0.6) is 5.75 Å². The number of nitrogens with two attached hydrogens (primary N) is 1. The Balaban J connectivity index is 1.13. The fourth-order valence-electron chi connectivity index (χ4n) is 8.21. The van der Waals surface area contributed by atoms with Gasteiger partial charge in [0.15, 0.2) is 0 Å². The van der Waals surface area contributed by atoms with Crippen LogP contribution in [0.4, 0.5) is 0 Å². The molecule has 4 N–H and O–H groups in total. The molecule has 1 heterocycles. The van der Waals surface area contributed by atoms with E-state index in [1.54, 1.807) is 13.8 Å². The minimum absolute atomic E-state index is 0.0214. The lowest BCUT2D eigenvalue weighted by atomic mass is 9.88. The highest BCUT2D eigenvalue weighted by molar-refractivity contribution is 7.90. The van der Waals surface area contributed by atoms with Crippen LogP contribution in [0.15, 0.2) is 101 Å². The van der Waals surface area contributed by atoms with Crippen LogP contribution >= 0.6 is 0 Å². The van der Waals surface area contributed by atoms with Gasteiger partial charge in [-0.1, -0.05) is 84.9 Å². The Morgan fingerprint density at radius 3 is 2.23 bits per heavy atom. The van der Waals surface area contributed by atoms with E-state index in [0.717, 1.165) is 51.1 Å². The summed E-state index contributed by atoms with van der Waals surface area (Å²) >= 11 is 0. The second kappa shape index (κ2) is 19.2. The van der Waals surface area contributed by atoms with Crippen molar-refractivity contribution in [2.45, 2.75) is 102 Å². The molecule has 0 radical (unpaired) electrons. The number of rotatable bonds is 17. The van der Waals surface area contributed by atoms with Gasteiger partial charge in [-0.25, -0.2) is 17.9 Å². The van der Waals surface area contributed by atoms with E-state index < -0.39 is 39.8 Å². The van der Waals surface area contributed by atoms with Crippen molar-refractivity contribution in [1.82, 2.24) is 10.0 Å². The number of amides is 1. The van der Waals surface area contributed by atoms with E-state index in [9.17, 15) is 22.8 Å². The van der Waals surface area contributed by atoms with E-state index in [2.05, 4.69) is 21.6 Å². The van der Waals surface area contributed by atoms with Crippen molar-refractivity contribution in [3.8, 4) is 16.9 Å². The summed E-state index contributed by atoms with van der Waals surface area (Å²) in [6, 6.07) is 24.2. The molecule has 6 rings (SSSR count). The minimum Gasteiger partial charge on any atom is -0.487 e. The predicted molar refractivity (Wildman–Crippen MR) is 235 cm³/mol. The zero-order valence-corrected chi connectivity index (χ0v) is 36.4. The maximum Gasteiger partial charge on any atom is 0.329 e. The Labute approximate surface area is 359 Å². The number of hydrogen-bond donors (Lipinski definition) is 3. The summed E-state index contributed by atoms with van der Waals surface area (Å²) in [5, 5.41) is 2.77. The Hall–Kier alpha value is -5.95. The van der Waals surface area contributed by atoms with Gasteiger partial charge in [-0.15, -0.1) is 6.58 Å². The molecule has 0 spiro atoms. The maximum atomic E-state index is 13.9. The quantitative estimate of drug-likeness (QED) is 0.0325. The van der Waals surface area contributed by atoms with E-state index in [-0.39, 0.29) is 67.8 Å². The largest absolute Gasteiger partial charge is 0.487 e. The van der Waals surface area contributed by atoms with Gasteiger partial charge in [0.05, 0.1) is 11.3 Å². The van der Waals surface area contributed by atoms with Crippen molar-refractivity contribution in [3.63, 3.8) is 0 Å². The number of esters is 2. The molecule has 61 heavy (non-hydrogen) atoms. The average Bonchev–Trinajstić information content (AvgIpc) is 3.55. The van der Waals surface area contributed by atoms with Crippen LogP contribution in [0.25, 0.3) is 11.1 Å². The fraction of sp³-hybridized carbons (Fsp3) is 0.375. The molecule has 0 unspecified atom stereocenters.